The highest BCUT2D eigenvalue weighted by molar-refractivity contribution is 5.28. The van der Waals surface area contributed by atoms with E-state index in [1.54, 1.807) is 0 Å². The Balaban J connectivity index is 1.83. The molecule has 1 aliphatic rings. The number of ether oxygens (including phenoxy) is 1. The monoisotopic (exact) mass is 291 g/mol. The zero-order valence-corrected chi connectivity index (χ0v) is 13.8. The number of rotatable bonds is 6. The van der Waals surface area contributed by atoms with Crippen LogP contribution in [0.5, 0.6) is 5.75 Å². The summed E-state index contributed by atoms with van der Waals surface area (Å²) in [6.07, 6.45) is 0. The van der Waals surface area contributed by atoms with E-state index in [9.17, 15) is 0 Å². The molecule has 1 atom stereocenters. The first-order chi connectivity index (χ1) is 10.0. The second-order valence-corrected chi connectivity index (χ2v) is 6.41. The minimum atomic E-state index is 0.326. The van der Waals surface area contributed by atoms with E-state index in [-0.39, 0.29) is 0 Å². The number of nitrogens with zero attached hydrogens (tertiary/aromatic N) is 2. The van der Waals surface area contributed by atoms with Gasteiger partial charge < -0.3 is 9.64 Å². The fraction of sp³-hybridized carbons (Fsp3) is 0.647. The lowest BCUT2D eigenvalue weighted by atomic mass is 10.1. The molecule has 0 radical (unpaired) electrons. The maximum absolute atomic E-state index is 5.73. The number of benzene rings is 1. The fourth-order valence-electron chi connectivity index (χ4n) is 2.40. The molecule has 4 nitrogen and oxygen atoms in total. The highest BCUT2D eigenvalue weighted by Crippen LogP contribution is 2.18. The number of nitrogens with one attached hydrogen (secondary N) is 1. The molecule has 1 heterocycles. The molecule has 1 aromatic carbocycles. The molecule has 2 rings (SSSR count). The van der Waals surface area contributed by atoms with Crippen LogP contribution in [0, 0.1) is 5.92 Å². The predicted molar refractivity (Wildman–Crippen MR) is 87.4 cm³/mol. The maximum Gasteiger partial charge on any atom is 0.119 e. The number of likely N-dealkylation sites (N-methyl/N-ethyl adjacent to an activating group) is 1. The zero-order chi connectivity index (χ0) is 15.2. The van der Waals surface area contributed by atoms with Crippen LogP contribution in [0.2, 0.25) is 0 Å². The molecular weight excluding hydrogens is 262 g/mol. The number of hydrogen-bond donors (Lipinski definition) is 1. The Kier molecular flexibility index (Phi) is 6.03. The molecule has 1 aromatic rings. The number of piperazine rings is 1. The molecular formula is C17H29N3O. The molecule has 0 saturated carbocycles. The van der Waals surface area contributed by atoms with E-state index < -0.39 is 0 Å². The fourth-order valence-corrected chi connectivity index (χ4v) is 2.40. The van der Waals surface area contributed by atoms with Gasteiger partial charge in [-0.25, -0.2) is 10.4 Å². The van der Waals surface area contributed by atoms with Crippen LogP contribution in [0.1, 0.15) is 32.4 Å². The van der Waals surface area contributed by atoms with Crippen molar-refractivity contribution >= 4 is 0 Å². The lowest BCUT2D eigenvalue weighted by molar-refractivity contribution is 0.0899. The number of hydrazine groups is 1. The molecule has 1 N–H and O–H groups in total. The summed E-state index contributed by atoms with van der Waals surface area (Å²) in [5.41, 5.74) is 4.89. The Bertz CT molecular complexity index is 411. The van der Waals surface area contributed by atoms with Crippen molar-refractivity contribution < 1.29 is 4.74 Å². The van der Waals surface area contributed by atoms with Crippen LogP contribution in [0.25, 0.3) is 0 Å². The van der Waals surface area contributed by atoms with E-state index in [1.165, 1.54) is 5.56 Å². The Morgan fingerprint density at radius 2 is 1.67 bits per heavy atom. The van der Waals surface area contributed by atoms with Crippen LogP contribution in [0.3, 0.4) is 0 Å². The third kappa shape index (κ3) is 5.30. The van der Waals surface area contributed by atoms with Gasteiger partial charge in [-0.05, 0) is 37.6 Å². The molecule has 1 fully saturated rings. The third-order valence-electron chi connectivity index (χ3n) is 3.84. The van der Waals surface area contributed by atoms with Gasteiger partial charge in [0.2, 0.25) is 0 Å². The van der Waals surface area contributed by atoms with Crippen LogP contribution >= 0.6 is 0 Å². The first-order valence-corrected chi connectivity index (χ1v) is 7.97. The van der Waals surface area contributed by atoms with Crippen molar-refractivity contribution in [2.24, 2.45) is 5.92 Å². The highest BCUT2D eigenvalue weighted by atomic mass is 16.5. The molecule has 0 spiro atoms. The van der Waals surface area contributed by atoms with Crippen LogP contribution in [0.15, 0.2) is 24.3 Å². The summed E-state index contributed by atoms with van der Waals surface area (Å²) in [6.45, 7) is 11.7. The quantitative estimate of drug-likeness (QED) is 0.871. The molecule has 21 heavy (non-hydrogen) atoms. The Morgan fingerprint density at radius 1 is 1.05 bits per heavy atom. The van der Waals surface area contributed by atoms with E-state index in [0.29, 0.717) is 12.0 Å². The van der Waals surface area contributed by atoms with Crippen molar-refractivity contribution in [3.05, 3.63) is 29.8 Å². The smallest absolute Gasteiger partial charge is 0.119 e. The van der Waals surface area contributed by atoms with E-state index in [0.717, 1.165) is 38.5 Å². The van der Waals surface area contributed by atoms with Gasteiger partial charge in [-0.2, -0.15) is 0 Å². The Morgan fingerprint density at radius 3 is 2.24 bits per heavy atom. The Labute approximate surface area is 129 Å². The average molecular weight is 291 g/mol. The van der Waals surface area contributed by atoms with Crippen molar-refractivity contribution in [3.8, 4) is 5.75 Å². The lowest BCUT2D eigenvalue weighted by Gasteiger charge is -2.34. The van der Waals surface area contributed by atoms with Gasteiger partial charge in [0.25, 0.3) is 0 Å². The molecule has 0 aromatic heterocycles. The van der Waals surface area contributed by atoms with Crippen molar-refractivity contribution in [2.75, 3.05) is 39.8 Å². The van der Waals surface area contributed by atoms with Gasteiger partial charge in [-0.1, -0.05) is 26.0 Å². The molecule has 0 bridgehead atoms. The van der Waals surface area contributed by atoms with Crippen LogP contribution in [-0.4, -0.2) is 49.7 Å². The Hall–Kier alpha value is -1.10. The maximum atomic E-state index is 5.73. The summed E-state index contributed by atoms with van der Waals surface area (Å²) in [4.78, 5) is 2.36. The summed E-state index contributed by atoms with van der Waals surface area (Å²) in [6, 6.07) is 8.78. The first kappa shape index (κ1) is 16.3. The molecule has 1 aliphatic heterocycles. The van der Waals surface area contributed by atoms with E-state index >= 15 is 0 Å². The molecule has 0 amide bonds. The normalized spacial score (nSPS) is 18.9. The van der Waals surface area contributed by atoms with Crippen molar-refractivity contribution in [1.29, 1.82) is 0 Å². The third-order valence-corrected chi connectivity index (χ3v) is 3.84. The van der Waals surface area contributed by atoms with Crippen molar-refractivity contribution in [2.45, 2.75) is 26.8 Å². The minimum absolute atomic E-state index is 0.326. The van der Waals surface area contributed by atoms with Gasteiger partial charge in [0, 0.05) is 32.2 Å². The summed E-state index contributed by atoms with van der Waals surface area (Å²) >= 11 is 0. The zero-order valence-electron chi connectivity index (χ0n) is 13.8. The van der Waals surface area contributed by atoms with E-state index in [4.69, 9.17) is 4.74 Å². The SMILES string of the molecule is CC(C)COc1ccc(C(C)NN2CCN(C)CC2)cc1. The molecule has 0 aliphatic carbocycles. The largest absolute Gasteiger partial charge is 0.493 e. The standard InChI is InChI=1S/C17H29N3O/c1-14(2)13-21-17-7-5-16(6-8-17)15(3)18-20-11-9-19(4)10-12-20/h5-8,14-15,18H,9-13H2,1-4H3. The van der Waals surface area contributed by atoms with Gasteiger partial charge in [0.15, 0.2) is 0 Å². The topological polar surface area (TPSA) is 27.7 Å². The van der Waals surface area contributed by atoms with Crippen molar-refractivity contribution in [3.63, 3.8) is 0 Å². The molecule has 4 heteroatoms. The van der Waals surface area contributed by atoms with E-state index in [2.05, 4.69) is 67.4 Å². The number of hydrogen-bond acceptors (Lipinski definition) is 4. The average Bonchev–Trinajstić information content (AvgIpc) is 2.48. The van der Waals surface area contributed by atoms with Gasteiger partial charge in [-0.15, -0.1) is 0 Å². The minimum Gasteiger partial charge on any atom is -0.493 e. The van der Waals surface area contributed by atoms with Crippen LogP contribution in [-0.2, 0) is 0 Å². The second kappa shape index (κ2) is 7.78. The van der Waals surface area contributed by atoms with E-state index in [1.807, 2.05) is 0 Å². The summed E-state index contributed by atoms with van der Waals surface area (Å²) in [5.74, 6) is 1.52. The lowest BCUT2D eigenvalue weighted by Crippen LogP contribution is -2.51. The molecule has 1 unspecified atom stereocenters. The van der Waals surface area contributed by atoms with Crippen LogP contribution < -0.4 is 10.2 Å². The van der Waals surface area contributed by atoms with Gasteiger partial charge >= 0.3 is 0 Å². The van der Waals surface area contributed by atoms with Gasteiger partial charge in [0.1, 0.15) is 5.75 Å². The molecule has 118 valence electrons. The summed E-state index contributed by atoms with van der Waals surface area (Å²) in [7, 11) is 2.18. The first-order valence-electron chi connectivity index (χ1n) is 7.97. The second-order valence-electron chi connectivity index (χ2n) is 6.41. The van der Waals surface area contributed by atoms with Gasteiger partial charge in [0.05, 0.1) is 6.61 Å². The summed E-state index contributed by atoms with van der Waals surface area (Å²) < 4.78 is 5.73. The van der Waals surface area contributed by atoms with Crippen LogP contribution in [0.4, 0.5) is 0 Å². The highest BCUT2D eigenvalue weighted by Gasteiger charge is 2.16. The van der Waals surface area contributed by atoms with Gasteiger partial charge in [-0.3, -0.25) is 0 Å². The summed E-state index contributed by atoms with van der Waals surface area (Å²) in [5, 5.41) is 2.33. The predicted octanol–water partition coefficient (Wildman–Crippen LogP) is 2.53. The van der Waals surface area contributed by atoms with Crippen molar-refractivity contribution in [1.82, 2.24) is 15.3 Å². The molecule has 1 saturated heterocycles.